The maximum Gasteiger partial charge on any atom is 0.419 e. The number of halogens is 5. The molecule has 0 bridgehead atoms. The van der Waals surface area contributed by atoms with Gasteiger partial charge < -0.3 is 10.5 Å². The van der Waals surface area contributed by atoms with Crippen LogP contribution in [0.25, 0.3) is 0 Å². The monoisotopic (exact) mass is 304 g/mol. The van der Waals surface area contributed by atoms with Crippen LogP contribution in [0.3, 0.4) is 0 Å². The molecule has 0 aliphatic heterocycles. The second-order valence-electron chi connectivity index (χ2n) is 4.03. The van der Waals surface area contributed by atoms with Crippen molar-refractivity contribution in [3.05, 3.63) is 53.2 Å². The zero-order valence-corrected chi connectivity index (χ0v) is 10.4. The van der Waals surface area contributed by atoms with Gasteiger partial charge in [0.2, 0.25) is 0 Å². The van der Waals surface area contributed by atoms with E-state index in [0.717, 1.165) is 6.07 Å². The molecule has 2 aromatic rings. The number of pyridine rings is 1. The third kappa shape index (κ3) is 3.27. The van der Waals surface area contributed by atoms with Crippen LogP contribution in [0, 0.1) is 11.6 Å². The van der Waals surface area contributed by atoms with Crippen molar-refractivity contribution in [1.82, 2.24) is 4.98 Å². The van der Waals surface area contributed by atoms with E-state index in [4.69, 9.17) is 10.5 Å². The number of hydrogen-bond acceptors (Lipinski definition) is 3. The zero-order chi connectivity index (χ0) is 15.6. The third-order valence-electron chi connectivity index (χ3n) is 2.61. The highest BCUT2D eigenvalue weighted by atomic mass is 19.4. The summed E-state index contributed by atoms with van der Waals surface area (Å²) in [6.45, 7) is -0.123. The molecule has 2 rings (SSSR count). The molecule has 0 saturated heterocycles. The molecule has 0 radical (unpaired) electrons. The van der Waals surface area contributed by atoms with Gasteiger partial charge in [-0.15, -0.1) is 0 Å². The van der Waals surface area contributed by atoms with Crippen LogP contribution < -0.4 is 10.5 Å². The van der Waals surface area contributed by atoms with Crippen molar-refractivity contribution < 1.29 is 26.7 Å². The summed E-state index contributed by atoms with van der Waals surface area (Å²) in [6, 6.07) is 3.28. The Hall–Kier alpha value is -2.22. The molecule has 0 saturated carbocycles. The van der Waals surface area contributed by atoms with Crippen LogP contribution in [0.1, 0.15) is 11.1 Å². The lowest BCUT2D eigenvalue weighted by Gasteiger charge is -2.11. The highest BCUT2D eigenvalue weighted by Crippen LogP contribution is 2.35. The molecule has 112 valence electrons. The van der Waals surface area contributed by atoms with E-state index in [-0.39, 0.29) is 17.9 Å². The first-order valence-corrected chi connectivity index (χ1v) is 5.71. The molecule has 0 aliphatic carbocycles. The predicted molar refractivity (Wildman–Crippen MR) is 63.6 cm³/mol. The minimum absolute atomic E-state index is 0.0955. The summed E-state index contributed by atoms with van der Waals surface area (Å²) in [5.41, 5.74) is 3.88. The van der Waals surface area contributed by atoms with Crippen LogP contribution in [0.4, 0.5) is 22.0 Å². The van der Waals surface area contributed by atoms with Gasteiger partial charge in [0, 0.05) is 18.3 Å². The standard InChI is InChI=1S/C13H9F5N2O/c14-10-2-1-8(5-9(10)13(16,17)18)21-12-11(15)7(6-19)3-4-20-12/h1-5H,6,19H2. The fourth-order valence-electron chi connectivity index (χ4n) is 1.59. The van der Waals surface area contributed by atoms with E-state index >= 15 is 0 Å². The number of alkyl halides is 3. The van der Waals surface area contributed by atoms with E-state index in [1.165, 1.54) is 12.3 Å². The lowest BCUT2D eigenvalue weighted by Crippen LogP contribution is -2.08. The minimum atomic E-state index is -4.88. The lowest BCUT2D eigenvalue weighted by atomic mass is 10.2. The van der Waals surface area contributed by atoms with Gasteiger partial charge in [-0.2, -0.15) is 13.2 Å². The van der Waals surface area contributed by atoms with Crippen molar-refractivity contribution >= 4 is 0 Å². The number of nitrogens with two attached hydrogens (primary N) is 1. The number of hydrogen-bond donors (Lipinski definition) is 1. The molecule has 0 unspecified atom stereocenters. The number of aromatic nitrogens is 1. The van der Waals surface area contributed by atoms with Crippen molar-refractivity contribution in [2.45, 2.75) is 12.7 Å². The molecular formula is C13H9F5N2O. The Morgan fingerprint density at radius 2 is 1.86 bits per heavy atom. The molecule has 0 aliphatic rings. The summed E-state index contributed by atoms with van der Waals surface area (Å²) in [7, 11) is 0. The molecule has 1 heterocycles. The van der Waals surface area contributed by atoms with E-state index < -0.39 is 29.3 Å². The Kier molecular flexibility index (Phi) is 4.08. The molecule has 0 fully saturated rings. The number of benzene rings is 1. The molecule has 1 aromatic carbocycles. The summed E-state index contributed by atoms with van der Waals surface area (Å²) in [4.78, 5) is 3.57. The summed E-state index contributed by atoms with van der Waals surface area (Å²) >= 11 is 0. The topological polar surface area (TPSA) is 48.1 Å². The van der Waals surface area contributed by atoms with Crippen LogP contribution in [0.2, 0.25) is 0 Å². The Bertz CT molecular complexity index is 657. The Morgan fingerprint density at radius 1 is 1.14 bits per heavy atom. The van der Waals surface area contributed by atoms with Gasteiger partial charge in [-0.3, -0.25) is 0 Å². The van der Waals surface area contributed by atoms with E-state index in [1.807, 2.05) is 0 Å². The van der Waals surface area contributed by atoms with Crippen LogP contribution in [0.15, 0.2) is 30.5 Å². The van der Waals surface area contributed by atoms with Crippen LogP contribution in [0.5, 0.6) is 11.6 Å². The number of rotatable bonds is 3. The molecule has 0 atom stereocenters. The van der Waals surface area contributed by atoms with Crippen LogP contribution >= 0.6 is 0 Å². The lowest BCUT2D eigenvalue weighted by molar-refractivity contribution is -0.140. The van der Waals surface area contributed by atoms with E-state index in [0.29, 0.717) is 12.1 Å². The van der Waals surface area contributed by atoms with Gasteiger partial charge in [0.25, 0.3) is 5.88 Å². The molecule has 8 heteroatoms. The van der Waals surface area contributed by atoms with Gasteiger partial charge in [-0.1, -0.05) is 0 Å². The van der Waals surface area contributed by atoms with Crippen LogP contribution in [-0.4, -0.2) is 4.98 Å². The van der Waals surface area contributed by atoms with Gasteiger partial charge in [0.15, 0.2) is 5.82 Å². The summed E-state index contributed by atoms with van der Waals surface area (Å²) in [5, 5.41) is 0. The smallest absolute Gasteiger partial charge is 0.419 e. The van der Waals surface area contributed by atoms with E-state index in [1.54, 1.807) is 0 Å². The average Bonchev–Trinajstić information content (AvgIpc) is 2.42. The molecule has 2 N–H and O–H groups in total. The fourth-order valence-corrected chi connectivity index (χ4v) is 1.59. The second kappa shape index (κ2) is 5.65. The molecule has 0 amide bonds. The van der Waals surface area contributed by atoms with Crippen molar-refractivity contribution in [3.8, 4) is 11.6 Å². The largest absolute Gasteiger partial charge is 0.436 e. The zero-order valence-electron chi connectivity index (χ0n) is 10.4. The highest BCUT2D eigenvalue weighted by Gasteiger charge is 2.34. The number of ether oxygens (including phenoxy) is 1. The molecule has 1 aromatic heterocycles. The van der Waals surface area contributed by atoms with Crippen LogP contribution in [-0.2, 0) is 12.7 Å². The van der Waals surface area contributed by atoms with Gasteiger partial charge >= 0.3 is 6.18 Å². The van der Waals surface area contributed by atoms with Gasteiger partial charge in [0.1, 0.15) is 11.6 Å². The minimum Gasteiger partial charge on any atom is -0.436 e. The highest BCUT2D eigenvalue weighted by molar-refractivity contribution is 5.35. The average molecular weight is 304 g/mol. The third-order valence-corrected chi connectivity index (χ3v) is 2.61. The molecule has 0 spiro atoms. The molecular weight excluding hydrogens is 295 g/mol. The van der Waals surface area contributed by atoms with Gasteiger partial charge in [-0.05, 0) is 24.3 Å². The fraction of sp³-hybridized carbons (Fsp3) is 0.154. The quantitative estimate of drug-likeness (QED) is 0.881. The maximum absolute atomic E-state index is 13.8. The maximum atomic E-state index is 13.8. The summed E-state index contributed by atoms with van der Waals surface area (Å²) in [5.74, 6) is -3.24. The first-order chi connectivity index (χ1) is 9.82. The Labute approximate surface area is 116 Å². The normalized spacial score (nSPS) is 11.5. The molecule has 3 nitrogen and oxygen atoms in total. The van der Waals surface area contributed by atoms with Crippen molar-refractivity contribution in [2.75, 3.05) is 0 Å². The molecule has 21 heavy (non-hydrogen) atoms. The van der Waals surface area contributed by atoms with Gasteiger partial charge in [0.05, 0.1) is 5.56 Å². The van der Waals surface area contributed by atoms with Crippen molar-refractivity contribution in [2.24, 2.45) is 5.73 Å². The second-order valence-corrected chi connectivity index (χ2v) is 4.03. The Balaban J connectivity index is 2.37. The van der Waals surface area contributed by atoms with E-state index in [9.17, 15) is 22.0 Å². The number of nitrogens with zero attached hydrogens (tertiary/aromatic N) is 1. The predicted octanol–water partition coefficient (Wildman–Crippen LogP) is 3.63. The van der Waals surface area contributed by atoms with Gasteiger partial charge in [-0.25, -0.2) is 13.8 Å². The van der Waals surface area contributed by atoms with Crippen molar-refractivity contribution in [3.63, 3.8) is 0 Å². The summed E-state index contributed by atoms with van der Waals surface area (Å²) < 4.78 is 69.6. The SMILES string of the molecule is NCc1ccnc(Oc2ccc(F)c(C(F)(F)F)c2)c1F. The first kappa shape index (κ1) is 15.2. The summed E-state index contributed by atoms with van der Waals surface area (Å²) in [6.07, 6.45) is -3.68. The first-order valence-electron chi connectivity index (χ1n) is 5.71. The Morgan fingerprint density at radius 3 is 2.48 bits per heavy atom. The van der Waals surface area contributed by atoms with E-state index in [2.05, 4.69) is 4.98 Å². The van der Waals surface area contributed by atoms with Crippen molar-refractivity contribution in [1.29, 1.82) is 0 Å².